The molecule has 0 spiro atoms. The van der Waals surface area contributed by atoms with E-state index in [0.29, 0.717) is 12.5 Å². The van der Waals surface area contributed by atoms with Gasteiger partial charge in [-0.25, -0.2) is 9.79 Å². The molecule has 3 N–H and O–H groups in total. The zero-order chi connectivity index (χ0) is 17.5. The first-order valence-corrected chi connectivity index (χ1v) is 9.42. The number of amides is 2. The van der Waals surface area contributed by atoms with Crippen LogP contribution >= 0.6 is 24.0 Å². The van der Waals surface area contributed by atoms with Gasteiger partial charge in [-0.2, -0.15) is 0 Å². The number of guanidine groups is 1. The summed E-state index contributed by atoms with van der Waals surface area (Å²) in [6, 6.07) is 7.85. The van der Waals surface area contributed by atoms with E-state index >= 15 is 0 Å². The Morgan fingerprint density at radius 2 is 1.62 bits per heavy atom. The minimum absolute atomic E-state index is 0. The zero-order valence-electron chi connectivity index (χ0n) is 15.3. The topological polar surface area (TPSA) is 74.0 Å². The number of nitrogens with one attached hydrogen (secondary N) is 1. The predicted octanol–water partition coefficient (Wildman–Crippen LogP) is 3.62. The molecule has 26 heavy (non-hydrogen) atoms. The summed E-state index contributed by atoms with van der Waals surface area (Å²) in [5.41, 5.74) is 8.04. The molecule has 6 nitrogen and oxygen atoms in total. The number of halogens is 1. The molecule has 0 bridgehead atoms. The molecule has 0 unspecified atom stereocenters. The summed E-state index contributed by atoms with van der Waals surface area (Å²) in [4.78, 5) is 20.8. The minimum Gasteiger partial charge on any atom is -0.370 e. The van der Waals surface area contributed by atoms with Gasteiger partial charge in [-0.1, -0.05) is 25.0 Å². The van der Waals surface area contributed by atoms with E-state index in [0.717, 1.165) is 50.3 Å². The number of rotatable bonds is 3. The first-order valence-electron chi connectivity index (χ1n) is 9.42. The number of carbonyl (C=O) groups excluding carboxylic acids is 1. The number of nitrogens with zero attached hydrogens (tertiary/aromatic N) is 3. The van der Waals surface area contributed by atoms with Gasteiger partial charge in [-0.3, -0.25) is 0 Å². The number of hydrogen-bond acceptors (Lipinski definition) is 2. The Kier molecular flexibility index (Phi) is 8.47. The second-order valence-electron chi connectivity index (χ2n) is 6.90. The Morgan fingerprint density at radius 1 is 1.00 bits per heavy atom. The van der Waals surface area contributed by atoms with E-state index in [9.17, 15) is 4.79 Å². The highest BCUT2D eigenvalue weighted by Crippen LogP contribution is 2.15. The zero-order valence-corrected chi connectivity index (χ0v) is 17.7. The fraction of sp³-hybridized carbons (Fsp3) is 0.579. The van der Waals surface area contributed by atoms with Gasteiger partial charge in [0.25, 0.3) is 0 Å². The summed E-state index contributed by atoms with van der Waals surface area (Å²) >= 11 is 0. The Bertz CT molecular complexity index is 608. The number of anilines is 1. The maximum absolute atomic E-state index is 12.2. The average Bonchev–Trinajstić information content (AvgIpc) is 3.03. The van der Waals surface area contributed by atoms with Gasteiger partial charge in [0, 0.05) is 31.9 Å². The van der Waals surface area contributed by atoms with Crippen LogP contribution < -0.4 is 11.1 Å². The molecule has 0 radical (unpaired) electrons. The van der Waals surface area contributed by atoms with E-state index in [4.69, 9.17) is 5.73 Å². The molecule has 2 heterocycles. The second-order valence-corrected chi connectivity index (χ2v) is 6.90. The van der Waals surface area contributed by atoms with Crippen LogP contribution in [0.2, 0.25) is 0 Å². The standard InChI is InChI=1S/C19H29N5O.HI/c20-18(23-10-3-1-2-4-11-23)21-15-16-8-7-9-17(14-16)22-19(25)24-12-5-6-13-24;/h7-9,14H,1-6,10-13,15H2,(H2,20,21)(H,22,25);1H. The van der Waals surface area contributed by atoms with E-state index in [-0.39, 0.29) is 30.0 Å². The van der Waals surface area contributed by atoms with E-state index in [1.54, 1.807) is 0 Å². The highest BCUT2D eigenvalue weighted by Gasteiger charge is 2.17. The van der Waals surface area contributed by atoms with Crippen molar-refractivity contribution < 1.29 is 4.79 Å². The van der Waals surface area contributed by atoms with Gasteiger partial charge in [0.05, 0.1) is 6.54 Å². The van der Waals surface area contributed by atoms with Crippen LogP contribution in [0, 0.1) is 0 Å². The van der Waals surface area contributed by atoms with E-state index in [1.165, 1.54) is 25.7 Å². The lowest BCUT2D eigenvalue weighted by Crippen LogP contribution is -2.38. The van der Waals surface area contributed by atoms with Crippen LogP contribution in [0.15, 0.2) is 29.3 Å². The first-order chi connectivity index (χ1) is 12.2. The summed E-state index contributed by atoms with van der Waals surface area (Å²) in [5, 5.41) is 2.98. The van der Waals surface area contributed by atoms with Crippen molar-refractivity contribution in [2.75, 3.05) is 31.5 Å². The molecule has 0 atom stereocenters. The third-order valence-electron chi connectivity index (χ3n) is 4.93. The molecule has 7 heteroatoms. The fourth-order valence-corrected chi connectivity index (χ4v) is 3.44. The van der Waals surface area contributed by atoms with Gasteiger partial charge in [-0.05, 0) is 43.4 Å². The van der Waals surface area contributed by atoms with Gasteiger partial charge in [0.15, 0.2) is 5.96 Å². The monoisotopic (exact) mass is 471 g/mol. The van der Waals surface area contributed by atoms with Crippen molar-refractivity contribution in [1.29, 1.82) is 0 Å². The van der Waals surface area contributed by atoms with Crippen molar-refractivity contribution in [2.24, 2.45) is 10.7 Å². The molecule has 2 amide bonds. The van der Waals surface area contributed by atoms with Gasteiger partial charge < -0.3 is 20.9 Å². The highest BCUT2D eigenvalue weighted by atomic mass is 127. The van der Waals surface area contributed by atoms with Crippen LogP contribution in [0.3, 0.4) is 0 Å². The van der Waals surface area contributed by atoms with Crippen LogP contribution in [0.1, 0.15) is 44.1 Å². The molecule has 2 aliphatic rings. The van der Waals surface area contributed by atoms with Gasteiger partial charge >= 0.3 is 6.03 Å². The maximum Gasteiger partial charge on any atom is 0.321 e. The third-order valence-corrected chi connectivity index (χ3v) is 4.93. The van der Waals surface area contributed by atoms with Crippen LogP contribution in [0.25, 0.3) is 0 Å². The molecule has 144 valence electrons. The van der Waals surface area contributed by atoms with E-state index < -0.39 is 0 Å². The number of likely N-dealkylation sites (tertiary alicyclic amines) is 2. The molecule has 3 rings (SSSR count). The molecule has 1 aromatic carbocycles. The molecule has 2 fully saturated rings. The molecule has 0 aliphatic carbocycles. The largest absolute Gasteiger partial charge is 0.370 e. The SMILES string of the molecule is I.NC(=NCc1cccc(NC(=O)N2CCCC2)c1)N1CCCCCC1. The fourth-order valence-electron chi connectivity index (χ4n) is 3.44. The van der Waals surface area contributed by atoms with Crippen molar-refractivity contribution in [1.82, 2.24) is 9.80 Å². The van der Waals surface area contributed by atoms with Crippen molar-refractivity contribution in [3.8, 4) is 0 Å². The quantitative estimate of drug-likeness (QED) is 0.402. The highest BCUT2D eigenvalue weighted by molar-refractivity contribution is 14.0. The van der Waals surface area contributed by atoms with Crippen molar-refractivity contribution >= 4 is 41.7 Å². The second kappa shape index (κ2) is 10.6. The number of aliphatic imine (C=N–C) groups is 1. The lowest BCUT2D eigenvalue weighted by molar-refractivity contribution is 0.222. The van der Waals surface area contributed by atoms with Crippen LogP contribution in [0.4, 0.5) is 10.5 Å². The van der Waals surface area contributed by atoms with Crippen molar-refractivity contribution in [3.63, 3.8) is 0 Å². The Labute approximate surface area is 173 Å². The molecule has 0 saturated carbocycles. The summed E-state index contributed by atoms with van der Waals surface area (Å²) in [5.74, 6) is 0.633. The molecule has 2 saturated heterocycles. The summed E-state index contributed by atoms with van der Waals surface area (Å²) in [6.45, 7) is 4.24. The van der Waals surface area contributed by atoms with Gasteiger partial charge in [-0.15, -0.1) is 24.0 Å². The van der Waals surface area contributed by atoms with Crippen molar-refractivity contribution in [2.45, 2.75) is 45.1 Å². The number of benzene rings is 1. The van der Waals surface area contributed by atoms with E-state index in [2.05, 4.69) is 15.2 Å². The maximum atomic E-state index is 12.2. The van der Waals surface area contributed by atoms with Crippen LogP contribution in [-0.2, 0) is 6.54 Å². The third kappa shape index (κ3) is 6.03. The average molecular weight is 471 g/mol. The number of hydrogen-bond donors (Lipinski definition) is 2. The lowest BCUT2D eigenvalue weighted by atomic mass is 10.2. The lowest BCUT2D eigenvalue weighted by Gasteiger charge is -2.21. The van der Waals surface area contributed by atoms with E-state index in [1.807, 2.05) is 29.2 Å². The van der Waals surface area contributed by atoms with Crippen LogP contribution in [-0.4, -0.2) is 48.0 Å². The Balaban J connectivity index is 0.00000243. The molecular weight excluding hydrogens is 441 g/mol. The Morgan fingerprint density at radius 3 is 2.31 bits per heavy atom. The minimum atomic E-state index is -0.0118. The van der Waals surface area contributed by atoms with Crippen LogP contribution in [0.5, 0.6) is 0 Å². The molecule has 1 aromatic rings. The Hall–Kier alpha value is -1.51. The number of urea groups is 1. The number of carbonyl (C=O) groups is 1. The number of nitrogens with two attached hydrogens (primary N) is 1. The van der Waals surface area contributed by atoms with Crippen molar-refractivity contribution in [3.05, 3.63) is 29.8 Å². The molecular formula is C19H30IN5O. The smallest absolute Gasteiger partial charge is 0.321 e. The molecule has 0 aromatic heterocycles. The molecule has 2 aliphatic heterocycles. The predicted molar refractivity (Wildman–Crippen MR) is 117 cm³/mol. The summed E-state index contributed by atoms with van der Waals surface area (Å²) in [6.07, 6.45) is 7.13. The summed E-state index contributed by atoms with van der Waals surface area (Å²) in [7, 11) is 0. The van der Waals surface area contributed by atoms with Gasteiger partial charge in [0.2, 0.25) is 0 Å². The normalized spacial score (nSPS) is 18.2. The summed E-state index contributed by atoms with van der Waals surface area (Å²) < 4.78 is 0. The van der Waals surface area contributed by atoms with Gasteiger partial charge in [0.1, 0.15) is 0 Å². The first kappa shape index (κ1) is 20.8.